The van der Waals surface area contributed by atoms with Gasteiger partial charge >= 0.3 is 6.01 Å². The highest BCUT2D eigenvalue weighted by Crippen LogP contribution is 2.21. The summed E-state index contributed by atoms with van der Waals surface area (Å²) in [6.45, 7) is 8.13. The Morgan fingerprint density at radius 3 is 3.12 bits per heavy atom. The van der Waals surface area contributed by atoms with Gasteiger partial charge in [-0.25, -0.2) is 0 Å². The Kier molecular flexibility index (Phi) is 4.36. The van der Waals surface area contributed by atoms with Crippen molar-refractivity contribution in [2.45, 2.75) is 39.7 Å². The van der Waals surface area contributed by atoms with E-state index in [1.165, 1.54) is 12.8 Å². The molecule has 5 heteroatoms. The Bertz CT molecular complexity index is 339. The normalized spacial score (nSPS) is 20.8. The van der Waals surface area contributed by atoms with Crippen molar-refractivity contribution in [3.63, 3.8) is 0 Å². The molecule has 2 heterocycles. The molecule has 0 bridgehead atoms. The van der Waals surface area contributed by atoms with Crippen LogP contribution in [-0.4, -0.2) is 29.8 Å². The van der Waals surface area contributed by atoms with Crippen LogP contribution in [0.5, 0.6) is 0 Å². The lowest BCUT2D eigenvalue weighted by molar-refractivity contribution is 0.403. The molecule has 1 N–H and O–H groups in total. The maximum atomic E-state index is 5.66. The van der Waals surface area contributed by atoms with E-state index in [1.54, 1.807) is 0 Å². The summed E-state index contributed by atoms with van der Waals surface area (Å²) >= 11 is 0. The summed E-state index contributed by atoms with van der Waals surface area (Å²) in [4.78, 5) is 2.20. The van der Waals surface area contributed by atoms with Crippen molar-refractivity contribution in [3.05, 3.63) is 5.89 Å². The summed E-state index contributed by atoms with van der Waals surface area (Å²) < 4.78 is 5.66. The second-order valence-corrected chi connectivity index (χ2v) is 4.85. The van der Waals surface area contributed by atoms with Crippen molar-refractivity contribution in [3.8, 4) is 0 Å². The molecule has 0 radical (unpaired) electrons. The van der Waals surface area contributed by atoms with Crippen molar-refractivity contribution in [1.29, 1.82) is 0 Å². The van der Waals surface area contributed by atoms with Gasteiger partial charge < -0.3 is 14.6 Å². The predicted molar refractivity (Wildman–Crippen MR) is 66.9 cm³/mol. The Hall–Kier alpha value is -1.10. The first kappa shape index (κ1) is 12.4. The molecule has 0 spiro atoms. The second kappa shape index (κ2) is 6.00. The number of hydrogen-bond acceptors (Lipinski definition) is 5. The minimum absolute atomic E-state index is 0.671. The summed E-state index contributed by atoms with van der Waals surface area (Å²) in [7, 11) is 0. The van der Waals surface area contributed by atoms with E-state index in [4.69, 9.17) is 4.42 Å². The van der Waals surface area contributed by atoms with Gasteiger partial charge in [-0.2, -0.15) is 0 Å². The number of anilines is 1. The first-order chi connectivity index (χ1) is 8.29. The van der Waals surface area contributed by atoms with Crippen LogP contribution in [-0.2, 0) is 6.54 Å². The van der Waals surface area contributed by atoms with Crippen LogP contribution < -0.4 is 10.2 Å². The quantitative estimate of drug-likeness (QED) is 0.793. The van der Waals surface area contributed by atoms with Crippen LogP contribution in [0.2, 0.25) is 0 Å². The van der Waals surface area contributed by atoms with Crippen LogP contribution in [0.3, 0.4) is 0 Å². The molecule has 1 aliphatic rings. The third-order valence-electron chi connectivity index (χ3n) is 3.09. The molecule has 0 aliphatic carbocycles. The number of nitrogens with zero attached hydrogens (tertiary/aromatic N) is 3. The summed E-state index contributed by atoms with van der Waals surface area (Å²) in [5.41, 5.74) is 0. The Morgan fingerprint density at radius 2 is 2.35 bits per heavy atom. The maximum Gasteiger partial charge on any atom is 0.318 e. The molecule has 1 saturated heterocycles. The lowest BCUT2D eigenvalue weighted by atomic mass is 10.0. The van der Waals surface area contributed by atoms with Crippen LogP contribution >= 0.6 is 0 Å². The molecule has 96 valence electrons. The molecule has 1 atom stereocenters. The highest BCUT2D eigenvalue weighted by atomic mass is 16.4. The molecule has 1 aromatic rings. The zero-order chi connectivity index (χ0) is 12.1. The Labute approximate surface area is 103 Å². The van der Waals surface area contributed by atoms with E-state index in [0.717, 1.165) is 32.0 Å². The van der Waals surface area contributed by atoms with Gasteiger partial charge in [0.05, 0.1) is 6.54 Å². The third kappa shape index (κ3) is 3.43. The summed E-state index contributed by atoms with van der Waals surface area (Å²) in [5, 5.41) is 11.5. The van der Waals surface area contributed by atoms with E-state index in [1.807, 2.05) is 0 Å². The molecular weight excluding hydrogens is 216 g/mol. The first-order valence-corrected chi connectivity index (χ1v) is 6.57. The second-order valence-electron chi connectivity index (χ2n) is 4.85. The van der Waals surface area contributed by atoms with Gasteiger partial charge in [0.2, 0.25) is 5.89 Å². The monoisotopic (exact) mass is 238 g/mol. The van der Waals surface area contributed by atoms with Crippen molar-refractivity contribution < 1.29 is 4.42 Å². The smallest absolute Gasteiger partial charge is 0.318 e. The highest BCUT2D eigenvalue weighted by Gasteiger charge is 2.20. The lowest BCUT2D eigenvalue weighted by Crippen LogP contribution is -2.34. The number of hydrogen-bond donors (Lipinski definition) is 1. The summed E-state index contributed by atoms with van der Waals surface area (Å²) in [5.74, 6) is 1.41. The standard InChI is InChI=1S/C12H22N4O/c1-3-6-13-8-11-14-15-12(17-11)16-7-4-5-10(2)9-16/h10,13H,3-9H2,1-2H3. The molecular formula is C12H22N4O. The summed E-state index contributed by atoms with van der Waals surface area (Å²) in [6, 6.07) is 0.685. The molecule has 0 saturated carbocycles. The van der Waals surface area contributed by atoms with E-state index in [9.17, 15) is 0 Å². The van der Waals surface area contributed by atoms with E-state index in [-0.39, 0.29) is 0 Å². The van der Waals surface area contributed by atoms with Gasteiger partial charge in [-0.15, -0.1) is 5.10 Å². The number of nitrogens with one attached hydrogen (secondary N) is 1. The number of rotatable bonds is 5. The molecule has 1 aliphatic heterocycles. The van der Waals surface area contributed by atoms with E-state index >= 15 is 0 Å². The Balaban J connectivity index is 1.88. The lowest BCUT2D eigenvalue weighted by Gasteiger charge is -2.28. The summed E-state index contributed by atoms with van der Waals surface area (Å²) in [6.07, 6.45) is 3.63. The van der Waals surface area contributed by atoms with Crippen LogP contribution in [0.15, 0.2) is 4.42 Å². The van der Waals surface area contributed by atoms with Gasteiger partial charge in [-0.3, -0.25) is 0 Å². The van der Waals surface area contributed by atoms with E-state index in [2.05, 4.69) is 34.3 Å². The van der Waals surface area contributed by atoms with Gasteiger partial charge in [0.25, 0.3) is 0 Å². The highest BCUT2D eigenvalue weighted by molar-refractivity contribution is 5.24. The topological polar surface area (TPSA) is 54.2 Å². The fourth-order valence-electron chi connectivity index (χ4n) is 2.18. The van der Waals surface area contributed by atoms with Crippen LogP contribution in [0.1, 0.15) is 39.0 Å². The molecule has 1 unspecified atom stereocenters. The average molecular weight is 238 g/mol. The van der Waals surface area contributed by atoms with Crippen LogP contribution in [0.4, 0.5) is 6.01 Å². The van der Waals surface area contributed by atoms with Gasteiger partial charge in [-0.1, -0.05) is 18.9 Å². The SMILES string of the molecule is CCCNCc1nnc(N2CCCC(C)C2)o1. The average Bonchev–Trinajstić information content (AvgIpc) is 2.78. The fraction of sp³-hybridized carbons (Fsp3) is 0.833. The van der Waals surface area contributed by atoms with Crippen molar-refractivity contribution in [2.24, 2.45) is 5.92 Å². The number of piperidine rings is 1. The number of aromatic nitrogens is 2. The van der Waals surface area contributed by atoms with Crippen molar-refractivity contribution in [2.75, 3.05) is 24.5 Å². The maximum absolute atomic E-state index is 5.66. The molecule has 0 aromatic carbocycles. The Morgan fingerprint density at radius 1 is 1.47 bits per heavy atom. The largest absolute Gasteiger partial charge is 0.407 e. The molecule has 5 nitrogen and oxygen atoms in total. The minimum atomic E-state index is 0.671. The molecule has 0 amide bonds. The molecule has 17 heavy (non-hydrogen) atoms. The van der Waals surface area contributed by atoms with E-state index < -0.39 is 0 Å². The zero-order valence-corrected chi connectivity index (χ0v) is 10.8. The third-order valence-corrected chi connectivity index (χ3v) is 3.09. The molecule has 2 rings (SSSR count). The minimum Gasteiger partial charge on any atom is -0.407 e. The van der Waals surface area contributed by atoms with Gasteiger partial charge in [-0.05, 0) is 31.7 Å². The predicted octanol–water partition coefficient (Wildman–Crippen LogP) is 1.81. The van der Waals surface area contributed by atoms with Crippen molar-refractivity contribution >= 4 is 6.01 Å². The first-order valence-electron chi connectivity index (χ1n) is 6.57. The zero-order valence-electron chi connectivity index (χ0n) is 10.8. The van der Waals surface area contributed by atoms with Gasteiger partial charge in [0.1, 0.15) is 0 Å². The van der Waals surface area contributed by atoms with Crippen LogP contribution in [0, 0.1) is 5.92 Å². The van der Waals surface area contributed by atoms with Gasteiger partial charge in [0, 0.05) is 13.1 Å². The van der Waals surface area contributed by atoms with Gasteiger partial charge in [0.15, 0.2) is 0 Å². The fourth-order valence-corrected chi connectivity index (χ4v) is 2.18. The van der Waals surface area contributed by atoms with Crippen LogP contribution in [0.25, 0.3) is 0 Å². The molecule has 1 aromatic heterocycles. The van der Waals surface area contributed by atoms with Crippen molar-refractivity contribution in [1.82, 2.24) is 15.5 Å². The van der Waals surface area contributed by atoms with E-state index in [0.29, 0.717) is 18.5 Å². The molecule has 1 fully saturated rings.